The summed E-state index contributed by atoms with van der Waals surface area (Å²) < 4.78 is 1.63. The van der Waals surface area contributed by atoms with Crippen LogP contribution in [0.2, 0.25) is 0 Å². The molecule has 2 rings (SSSR count). The van der Waals surface area contributed by atoms with E-state index in [1.54, 1.807) is 16.8 Å². The van der Waals surface area contributed by atoms with Gasteiger partial charge in [0.2, 0.25) is 0 Å². The van der Waals surface area contributed by atoms with E-state index < -0.39 is 0 Å². The molecule has 82 valence electrons. The van der Waals surface area contributed by atoms with Crippen molar-refractivity contribution in [1.82, 2.24) is 4.57 Å². The molecule has 1 aromatic rings. The Morgan fingerprint density at radius 1 is 1.60 bits per heavy atom. The maximum Gasteiger partial charge on any atom is 0.274 e. The Labute approximate surface area is 88.6 Å². The molecule has 0 saturated heterocycles. The van der Waals surface area contributed by atoms with Crippen LogP contribution in [-0.2, 0) is 0 Å². The van der Waals surface area contributed by atoms with Gasteiger partial charge in [0, 0.05) is 12.7 Å². The topological polar surface area (TPSA) is 54.3 Å². The van der Waals surface area contributed by atoms with Crippen molar-refractivity contribution in [2.45, 2.75) is 31.9 Å². The van der Waals surface area contributed by atoms with Crippen molar-refractivity contribution >= 4 is 5.69 Å². The first-order valence-electron chi connectivity index (χ1n) is 5.37. The van der Waals surface area contributed by atoms with E-state index in [1.807, 2.05) is 13.0 Å². The standard InChI is InChI=1S/C11H16N2O2/c1-2-12-8-4-3-7-13(11(8)15)9-5-6-10(9)14/h3-4,7,9-10,12,14H,2,5-6H2,1H3/t9-,10-/m0/s1. The van der Waals surface area contributed by atoms with Crippen LogP contribution in [0.4, 0.5) is 5.69 Å². The lowest BCUT2D eigenvalue weighted by molar-refractivity contribution is 0.0300. The van der Waals surface area contributed by atoms with Crippen LogP contribution in [0.15, 0.2) is 23.1 Å². The van der Waals surface area contributed by atoms with Gasteiger partial charge in [0.05, 0.1) is 12.1 Å². The third-order valence-electron chi connectivity index (χ3n) is 2.90. The quantitative estimate of drug-likeness (QED) is 0.778. The maximum atomic E-state index is 11.9. The molecule has 2 atom stereocenters. The zero-order valence-corrected chi connectivity index (χ0v) is 8.81. The molecule has 4 heteroatoms. The second-order valence-electron chi connectivity index (χ2n) is 3.88. The number of aromatic nitrogens is 1. The third-order valence-corrected chi connectivity index (χ3v) is 2.90. The summed E-state index contributed by atoms with van der Waals surface area (Å²) >= 11 is 0. The molecule has 1 aliphatic carbocycles. The Balaban J connectivity index is 2.32. The minimum atomic E-state index is -0.362. The van der Waals surface area contributed by atoms with Crippen LogP contribution in [0.5, 0.6) is 0 Å². The SMILES string of the molecule is CCNc1cccn([C@H]2CC[C@@H]2O)c1=O. The van der Waals surface area contributed by atoms with Crippen molar-refractivity contribution in [3.63, 3.8) is 0 Å². The maximum absolute atomic E-state index is 11.9. The lowest BCUT2D eigenvalue weighted by atomic mass is 9.89. The minimum absolute atomic E-state index is 0.0314. The first kappa shape index (κ1) is 10.2. The first-order valence-corrected chi connectivity index (χ1v) is 5.37. The van der Waals surface area contributed by atoms with Gasteiger partial charge in [0.1, 0.15) is 5.69 Å². The van der Waals surface area contributed by atoms with E-state index in [1.165, 1.54) is 0 Å². The van der Waals surface area contributed by atoms with Gasteiger partial charge in [-0.3, -0.25) is 4.79 Å². The van der Waals surface area contributed by atoms with Gasteiger partial charge in [0.25, 0.3) is 5.56 Å². The molecule has 0 bridgehead atoms. The Kier molecular flexibility index (Phi) is 2.77. The normalized spacial score (nSPS) is 24.7. The molecule has 1 heterocycles. The molecule has 1 fully saturated rings. The van der Waals surface area contributed by atoms with E-state index in [2.05, 4.69) is 5.32 Å². The number of nitrogens with one attached hydrogen (secondary N) is 1. The zero-order chi connectivity index (χ0) is 10.8. The van der Waals surface area contributed by atoms with Gasteiger partial charge in [-0.05, 0) is 31.9 Å². The summed E-state index contributed by atoms with van der Waals surface area (Å²) in [6, 6.07) is 3.58. The molecule has 0 spiro atoms. The highest BCUT2D eigenvalue weighted by atomic mass is 16.3. The molecule has 4 nitrogen and oxygen atoms in total. The number of hydrogen-bond acceptors (Lipinski definition) is 3. The Hall–Kier alpha value is -1.29. The number of pyridine rings is 1. The summed E-state index contributed by atoms with van der Waals surface area (Å²) in [5.74, 6) is 0. The molecule has 0 aromatic carbocycles. The van der Waals surface area contributed by atoms with Crippen LogP contribution in [0.3, 0.4) is 0 Å². The number of hydrogen-bond donors (Lipinski definition) is 2. The minimum Gasteiger partial charge on any atom is -0.391 e. The summed E-state index contributed by atoms with van der Waals surface area (Å²) in [5, 5.41) is 12.5. The van der Waals surface area contributed by atoms with E-state index in [-0.39, 0.29) is 17.7 Å². The fourth-order valence-electron chi connectivity index (χ4n) is 1.89. The predicted molar refractivity (Wildman–Crippen MR) is 59.1 cm³/mol. The highest BCUT2D eigenvalue weighted by Gasteiger charge is 2.31. The smallest absolute Gasteiger partial charge is 0.274 e. The lowest BCUT2D eigenvalue weighted by Gasteiger charge is -2.34. The Bertz CT molecular complexity index is 400. The molecule has 1 aliphatic rings. The first-order chi connectivity index (χ1) is 7.24. The number of rotatable bonds is 3. The molecule has 0 unspecified atom stereocenters. The van der Waals surface area contributed by atoms with Gasteiger partial charge in [-0.2, -0.15) is 0 Å². The molecular formula is C11H16N2O2. The van der Waals surface area contributed by atoms with Crippen LogP contribution in [0.1, 0.15) is 25.8 Å². The lowest BCUT2D eigenvalue weighted by Crippen LogP contribution is -2.39. The van der Waals surface area contributed by atoms with Crippen molar-refractivity contribution in [3.8, 4) is 0 Å². The summed E-state index contributed by atoms with van der Waals surface area (Å²) in [4.78, 5) is 11.9. The number of nitrogens with zero attached hydrogens (tertiary/aromatic N) is 1. The van der Waals surface area contributed by atoms with Crippen molar-refractivity contribution in [2.24, 2.45) is 0 Å². The van der Waals surface area contributed by atoms with Crippen LogP contribution in [-0.4, -0.2) is 22.3 Å². The molecule has 1 saturated carbocycles. The summed E-state index contributed by atoms with van der Waals surface area (Å²) in [7, 11) is 0. The van der Waals surface area contributed by atoms with Crippen molar-refractivity contribution in [1.29, 1.82) is 0 Å². The highest BCUT2D eigenvalue weighted by molar-refractivity contribution is 5.40. The van der Waals surface area contributed by atoms with Crippen molar-refractivity contribution < 1.29 is 5.11 Å². The van der Waals surface area contributed by atoms with E-state index >= 15 is 0 Å². The molecule has 0 aliphatic heterocycles. The zero-order valence-electron chi connectivity index (χ0n) is 8.81. The van der Waals surface area contributed by atoms with Crippen LogP contribution in [0.25, 0.3) is 0 Å². The fraction of sp³-hybridized carbons (Fsp3) is 0.545. The predicted octanol–water partition coefficient (Wildman–Crippen LogP) is 0.976. The molecule has 1 aromatic heterocycles. The van der Waals surface area contributed by atoms with Gasteiger partial charge in [-0.15, -0.1) is 0 Å². The van der Waals surface area contributed by atoms with Crippen LogP contribution in [0, 0.1) is 0 Å². The van der Waals surface area contributed by atoms with E-state index in [0.29, 0.717) is 5.69 Å². The average molecular weight is 208 g/mol. The van der Waals surface area contributed by atoms with Gasteiger partial charge in [-0.1, -0.05) is 0 Å². The number of anilines is 1. The monoisotopic (exact) mass is 208 g/mol. The second kappa shape index (κ2) is 4.06. The van der Waals surface area contributed by atoms with Gasteiger partial charge in [-0.25, -0.2) is 0 Å². The van der Waals surface area contributed by atoms with Crippen molar-refractivity contribution in [2.75, 3.05) is 11.9 Å². The molecule has 0 amide bonds. The van der Waals surface area contributed by atoms with E-state index in [4.69, 9.17) is 0 Å². The summed E-state index contributed by atoms with van der Waals surface area (Å²) in [6.45, 7) is 2.68. The summed E-state index contributed by atoms with van der Waals surface area (Å²) in [5.41, 5.74) is 0.571. The third kappa shape index (κ3) is 1.77. The van der Waals surface area contributed by atoms with Gasteiger partial charge >= 0.3 is 0 Å². The number of aliphatic hydroxyl groups excluding tert-OH is 1. The van der Waals surface area contributed by atoms with E-state index in [9.17, 15) is 9.90 Å². The second-order valence-corrected chi connectivity index (χ2v) is 3.88. The molecule has 15 heavy (non-hydrogen) atoms. The van der Waals surface area contributed by atoms with E-state index in [0.717, 1.165) is 19.4 Å². The Morgan fingerprint density at radius 2 is 2.40 bits per heavy atom. The largest absolute Gasteiger partial charge is 0.391 e. The fourth-order valence-corrected chi connectivity index (χ4v) is 1.89. The van der Waals surface area contributed by atoms with Gasteiger partial charge in [0.15, 0.2) is 0 Å². The average Bonchev–Trinajstić information content (AvgIpc) is 2.22. The summed E-state index contributed by atoms with van der Waals surface area (Å²) in [6.07, 6.45) is 3.06. The number of aliphatic hydroxyl groups is 1. The van der Waals surface area contributed by atoms with Crippen LogP contribution >= 0.6 is 0 Å². The molecule has 2 N–H and O–H groups in total. The highest BCUT2D eigenvalue weighted by Crippen LogP contribution is 2.30. The van der Waals surface area contributed by atoms with Crippen LogP contribution < -0.4 is 10.9 Å². The molecular weight excluding hydrogens is 192 g/mol. The Morgan fingerprint density at radius 3 is 2.93 bits per heavy atom. The van der Waals surface area contributed by atoms with Gasteiger partial charge < -0.3 is 15.0 Å². The molecule has 0 radical (unpaired) electrons. The van der Waals surface area contributed by atoms with Crippen molar-refractivity contribution in [3.05, 3.63) is 28.7 Å².